The number of ether oxygens (including phenoxy) is 2. The van der Waals surface area contributed by atoms with Gasteiger partial charge in [0.25, 0.3) is 0 Å². The third-order valence-electron chi connectivity index (χ3n) is 5.83. The van der Waals surface area contributed by atoms with Crippen molar-refractivity contribution >= 4 is 12.0 Å². The highest BCUT2D eigenvalue weighted by atomic mass is 19.2. The molecule has 4 aromatic rings. The molecule has 0 amide bonds. The van der Waals surface area contributed by atoms with Gasteiger partial charge in [0.1, 0.15) is 17.7 Å². The van der Waals surface area contributed by atoms with E-state index < -0.39 is 23.4 Å². The van der Waals surface area contributed by atoms with Crippen LogP contribution in [-0.4, -0.2) is 12.6 Å². The minimum absolute atomic E-state index is 0.0609. The molecule has 1 heterocycles. The molecule has 0 bridgehead atoms. The van der Waals surface area contributed by atoms with Gasteiger partial charge in [0.15, 0.2) is 11.6 Å². The first-order valence-electron chi connectivity index (χ1n) is 10.9. The zero-order valence-corrected chi connectivity index (χ0v) is 18.4. The summed E-state index contributed by atoms with van der Waals surface area (Å²) in [6.45, 7) is 4.15. The van der Waals surface area contributed by atoms with E-state index in [-0.39, 0.29) is 28.5 Å². The first-order chi connectivity index (χ1) is 16.9. The molecule has 0 N–H and O–H groups in total. The first kappa shape index (κ1) is 22.6. The second-order valence-corrected chi connectivity index (χ2v) is 8.09. The van der Waals surface area contributed by atoms with Crippen molar-refractivity contribution in [3.8, 4) is 28.0 Å². The Labute approximate surface area is 200 Å². The fourth-order valence-corrected chi connectivity index (χ4v) is 3.81. The average Bonchev–Trinajstić information content (AvgIpc) is 3.71. The van der Waals surface area contributed by atoms with Gasteiger partial charge < -0.3 is 9.47 Å². The van der Waals surface area contributed by atoms with Crippen LogP contribution in [0.2, 0.25) is 0 Å². The Morgan fingerprint density at radius 3 is 1.94 bits per heavy atom. The molecule has 0 aliphatic carbocycles. The molecule has 0 radical (unpaired) electrons. The molecule has 0 saturated carbocycles. The predicted octanol–water partition coefficient (Wildman–Crippen LogP) is 7.37. The van der Waals surface area contributed by atoms with E-state index in [1.165, 1.54) is 48.5 Å². The minimum atomic E-state index is -0.985. The van der Waals surface area contributed by atoms with Crippen molar-refractivity contribution in [2.75, 3.05) is 6.61 Å². The summed E-state index contributed by atoms with van der Waals surface area (Å²) in [6, 6.07) is 20.0. The summed E-state index contributed by atoms with van der Waals surface area (Å²) >= 11 is 0. The van der Waals surface area contributed by atoms with Crippen molar-refractivity contribution in [3.05, 3.63) is 120 Å². The van der Waals surface area contributed by atoms with Crippen LogP contribution in [-0.2, 0) is 4.74 Å². The minimum Gasteiger partial charge on any atom is -0.423 e. The monoisotopic (exact) mass is 472 g/mol. The summed E-state index contributed by atoms with van der Waals surface area (Å²) in [4.78, 5) is 12.5. The molecule has 1 fully saturated rings. The largest absolute Gasteiger partial charge is 0.423 e. The molecule has 3 nitrogen and oxygen atoms in total. The zero-order chi connectivity index (χ0) is 24.5. The smallest absolute Gasteiger partial charge is 0.343 e. The molecular weight excluding hydrogens is 453 g/mol. The van der Waals surface area contributed by atoms with Crippen LogP contribution in [0.3, 0.4) is 0 Å². The third kappa shape index (κ3) is 4.61. The molecule has 1 saturated heterocycles. The maximum Gasteiger partial charge on any atom is 0.343 e. The van der Waals surface area contributed by atoms with Crippen LogP contribution in [0.4, 0.5) is 13.2 Å². The molecule has 35 heavy (non-hydrogen) atoms. The lowest BCUT2D eigenvalue weighted by atomic mass is 9.97. The van der Waals surface area contributed by atoms with Crippen molar-refractivity contribution in [1.29, 1.82) is 0 Å². The summed E-state index contributed by atoms with van der Waals surface area (Å²) in [7, 11) is 0. The summed E-state index contributed by atoms with van der Waals surface area (Å²) < 4.78 is 54.2. The second kappa shape index (κ2) is 9.24. The first-order valence-corrected chi connectivity index (χ1v) is 10.9. The molecule has 4 aromatic carbocycles. The quantitative estimate of drug-likeness (QED) is 0.167. The number of esters is 1. The standard InChI is InChI=1S/C29H19F3O3/c1-2-17-3-5-18(6-4-17)22-13-14-23(28(32)27(22)31)19-7-9-20(10-8-19)29(33)35-21-11-12-24(25(30)15-21)26-16-34-26/h2-15,26H,1,16H2. The lowest BCUT2D eigenvalue weighted by Gasteiger charge is -2.10. The summed E-state index contributed by atoms with van der Waals surface area (Å²) in [5.74, 6) is -3.09. The molecule has 1 aliphatic heterocycles. The fraction of sp³-hybridized carbons (Fsp3) is 0.0690. The van der Waals surface area contributed by atoms with Gasteiger partial charge in [0, 0.05) is 22.8 Å². The van der Waals surface area contributed by atoms with Gasteiger partial charge >= 0.3 is 5.97 Å². The molecule has 6 heteroatoms. The van der Waals surface area contributed by atoms with Gasteiger partial charge in [-0.1, -0.05) is 61.2 Å². The van der Waals surface area contributed by atoms with Crippen molar-refractivity contribution in [1.82, 2.24) is 0 Å². The van der Waals surface area contributed by atoms with E-state index in [0.29, 0.717) is 23.3 Å². The molecule has 1 atom stereocenters. The number of rotatable bonds is 6. The van der Waals surface area contributed by atoms with Crippen LogP contribution in [0, 0.1) is 17.5 Å². The van der Waals surface area contributed by atoms with Gasteiger partial charge in [-0.05, 0) is 41.0 Å². The number of hydrogen-bond donors (Lipinski definition) is 0. The van der Waals surface area contributed by atoms with Gasteiger partial charge in [-0.15, -0.1) is 0 Å². The van der Waals surface area contributed by atoms with Crippen LogP contribution in [0.25, 0.3) is 28.3 Å². The zero-order valence-electron chi connectivity index (χ0n) is 18.4. The van der Waals surface area contributed by atoms with E-state index in [0.717, 1.165) is 11.6 Å². The number of carbonyl (C=O) groups excluding carboxylic acids is 1. The summed E-state index contributed by atoms with van der Waals surface area (Å²) in [6.07, 6.45) is 1.42. The molecule has 1 unspecified atom stereocenters. The molecular formula is C29H19F3O3. The molecule has 5 rings (SSSR count). The SMILES string of the molecule is C=Cc1ccc(-c2ccc(-c3ccc(C(=O)Oc4ccc(C5CO5)c(F)c4)cc3)c(F)c2F)cc1. The maximum atomic E-state index is 14.9. The molecule has 1 aliphatic rings. The maximum absolute atomic E-state index is 14.9. The highest BCUT2D eigenvalue weighted by Crippen LogP contribution is 2.34. The van der Waals surface area contributed by atoms with Gasteiger partial charge in [-0.25, -0.2) is 18.0 Å². The van der Waals surface area contributed by atoms with Crippen molar-refractivity contribution in [2.45, 2.75) is 6.10 Å². The van der Waals surface area contributed by atoms with E-state index in [2.05, 4.69) is 6.58 Å². The molecule has 0 aromatic heterocycles. The lowest BCUT2D eigenvalue weighted by molar-refractivity contribution is 0.0734. The third-order valence-corrected chi connectivity index (χ3v) is 5.83. The topological polar surface area (TPSA) is 38.8 Å². The normalized spacial score (nSPS) is 14.4. The average molecular weight is 472 g/mol. The summed E-state index contributed by atoms with van der Waals surface area (Å²) in [5, 5.41) is 0. The van der Waals surface area contributed by atoms with E-state index in [9.17, 15) is 18.0 Å². The van der Waals surface area contributed by atoms with Gasteiger partial charge in [0.2, 0.25) is 0 Å². The highest BCUT2D eigenvalue weighted by molar-refractivity contribution is 5.91. The Morgan fingerprint density at radius 1 is 0.857 bits per heavy atom. The number of epoxide rings is 1. The second-order valence-electron chi connectivity index (χ2n) is 8.09. The van der Waals surface area contributed by atoms with Gasteiger partial charge in [-0.2, -0.15) is 0 Å². The molecule has 0 spiro atoms. The van der Waals surface area contributed by atoms with Crippen molar-refractivity contribution in [3.63, 3.8) is 0 Å². The molecule has 174 valence electrons. The Bertz CT molecular complexity index is 1420. The number of benzene rings is 4. The van der Waals surface area contributed by atoms with Crippen molar-refractivity contribution < 1.29 is 27.4 Å². The Balaban J connectivity index is 1.34. The van der Waals surface area contributed by atoms with Crippen LogP contribution in [0.1, 0.15) is 27.6 Å². The van der Waals surface area contributed by atoms with Gasteiger partial charge in [0.05, 0.1) is 12.2 Å². The Hall–Kier alpha value is -4.16. The lowest BCUT2D eigenvalue weighted by Crippen LogP contribution is -2.08. The number of carbonyl (C=O) groups is 1. The van der Waals surface area contributed by atoms with Crippen LogP contribution < -0.4 is 4.74 Å². The fourth-order valence-electron chi connectivity index (χ4n) is 3.81. The highest BCUT2D eigenvalue weighted by Gasteiger charge is 2.28. The van der Waals surface area contributed by atoms with E-state index in [4.69, 9.17) is 9.47 Å². The number of hydrogen-bond acceptors (Lipinski definition) is 3. The van der Waals surface area contributed by atoms with E-state index in [1.807, 2.05) is 0 Å². The van der Waals surface area contributed by atoms with Crippen molar-refractivity contribution in [2.24, 2.45) is 0 Å². The Kier molecular flexibility index (Phi) is 5.97. The number of halogens is 3. The summed E-state index contributed by atoms with van der Waals surface area (Å²) in [5.41, 5.74) is 2.63. The van der Waals surface area contributed by atoms with Crippen LogP contribution in [0.15, 0.2) is 85.4 Å². The van der Waals surface area contributed by atoms with Crippen LogP contribution in [0.5, 0.6) is 5.75 Å². The van der Waals surface area contributed by atoms with Crippen LogP contribution >= 0.6 is 0 Å². The van der Waals surface area contributed by atoms with Gasteiger partial charge in [-0.3, -0.25) is 0 Å². The van der Waals surface area contributed by atoms with E-state index in [1.54, 1.807) is 30.3 Å². The Morgan fingerprint density at radius 2 is 1.43 bits per heavy atom. The predicted molar refractivity (Wildman–Crippen MR) is 127 cm³/mol. The van der Waals surface area contributed by atoms with E-state index >= 15 is 0 Å².